The third-order valence-electron chi connectivity index (χ3n) is 4.67. The molecule has 0 amide bonds. The molecule has 5 nitrogen and oxygen atoms in total. The van der Waals surface area contributed by atoms with Crippen molar-refractivity contribution >= 4 is 0 Å². The quantitative estimate of drug-likeness (QED) is 0.826. The van der Waals surface area contributed by atoms with Gasteiger partial charge in [-0.2, -0.15) is 5.10 Å². The van der Waals surface area contributed by atoms with E-state index < -0.39 is 0 Å². The van der Waals surface area contributed by atoms with Crippen molar-refractivity contribution in [1.82, 2.24) is 20.1 Å². The molecule has 4 unspecified atom stereocenters. The molecule has 1 aromatic heterocycles. The van der Waals surface area contributed by atoms with Crippen LogP contribution in [0.2, 0.25) is 0 Å². The van der Waals surface area contributed by atoms with Gasteiger partial charge in [0.15, 0.2) is 0 Å². The summed E-state index contributed by atoms with van der Waals surface area (Å²) in [5.74, 6) is 1.75. The summed E-state index contributed by atoms with van der Waals surface area (Å²) in [6.45, 7) is 6.32. The Balaban J connectivity index is 1.69. The van der Waals surface area contributed by atoms with Gasteiger partial charge in [-0.05, 0) is 32.2 Å². The monoisotopic (exact) mass is 278 g/mol. The second-order valence-corrected chi connectivity index (χ2v) is 6.04. The van der Waals surface area contributed by atoms with Gasteiger partial charge in [0.2, 0.25) is 0 Å². The smallest absolute Gasteiger partial charge is 0.138 e. The highest BCUT2D eigenvalue weighted by Crippen LogP contribution is 2.40. The molecule has 2 aliphatic heterocycles. The van der Waals surface area contributed by atoms with Crippen molar-refractivity contribution in [2.24, 2.45) is 5.92 Å². The Morgan fingerprint density at radius 3 is 3.00 bits per heavy atom. The number of aryl methyl sites for hydroxylation is 1. The number of rotatable bonds is 7. The van der Waals surface area contributed by atoms with Crippen LogP contribution < -0.4 is 5.32 Å². The first-order valence-electron chi connectivity index (χ1n) is 8.07. The Morgan fingerprint density at radius 2 is 2.35 bits per heavy atom. The van der Waals surface area contributed by atoms with E-state index in [9.17, 15) is 0 Å². The Kier molecular flexibility index (Phi) is 4.36. The molecule has 2 fully saturated rings. The molecule has 2 saturated heterocycles. The standard InChI is InChI=1S/C15H26N4O/c1-3-7-19-15(17-10-18-19)9-13(16-4-2)12-8-11-5-6-14(12)20-11/h10-14,16H,3-9H2,1-2H3. The van der Waals surface area contributed by atoms with Crippen molar-refractivity contribution in [3.8, 4) is 0 Å². The van der Waals surface area contributed by atoms with E-state index in [4.69, 9.17) is 4.74 Å². The van der Waals surface area contributed by atoms with Crippen LogP contribution in [0.15, 0.2) is 6.33 Å². The number of nitrogens with zero attached hydrogens (tertiary/aromatic N) is 3. The molecule has 0 aromatic carbocycles. The van der Waals surface area contributed by atoms with E-state index in [-0.39, 0.29) is 0 Å². The van der Waals surface area contributed by atoms with Crippen molar-refractivity contribution in [3.05, 3.63) is 12.2 Å². The van der Waals surface area contributed by atoms with E-state index in [0.29, 0.717) is 24.2 Å². The maximum atomic E-state index is 6.03. The van der Waals surface area contributed by atoms with Crippen LogP contribution in [0.1, 0.15) is 45.4 Å². The van der Waals surface area contributed by atoms with Gasteiger partial charge in [-0.15, -0.1) is 0 Å². The molecule has 0 aliphatic carbocycles. The van der Waals surface area contributed by atoms with Crippen molar-refractivity contribution in [2.75, 3.05) is 6.54 Å². The zero-order chi connectivity index (χ0) is 13.9. The van der Waals surface area contributed by atoms with Crippen molar-refractivity contribution in [1.29, 1.82) is 0 Å². The van der Waals surface area contributed by atoms with Gasteiger partial charge < -0.3 is 10.1 Å². The molecule has 4 atom stereocenters. The van der Waals surface area contributed by atoms with Crippen LogP contribution in [0, 0.1) is 5.92 Å². The van der Waals surface area contributed by atoms with E-state index in [1.54, 1.807) is 6.33 Å². The predicted molar refractivity (Wildman–Crippen MR) is 77.5 cm³/mol. The Labute approximate surface area is 121 Å². The molecule has 1 N–H and O–H groups in total. The highest BCUT2D eigenvalue weighted by molar-refractivity contribution is 4.99. The number of nitrogens with one attached hydrogen (secondary N) is 1. The number of aromatic nitrogens is 3. The summed E-state index contributed by atoms with van der Waals surface area (Å²) in [6, 6.07) is 0.468. The lowest BCUT2D eigenvalue weighted by Gasteiger charge is -2.29. The molecule has 5 heteroatoms. The van der Waals surface area contributed by atoms with Crippen LogP contribution in [-0.2, 0) is 17.7 Å². The number of fused-ring (bicyclic) bond motifs is 2. The summed E-state index contributed by atoms with van der Waals surface area (Å²) in [5.41, 5.74) is 0. The second kappa shape index (κ2) is 6.22. The Morgan fingerprint density at radius 1 is 1.45 bits per heavy atom. The minimum Gasteiger partial charge on any atom is -0.375 e. The van der Waals surface area contributed by atoms with Crippen LogP contribution >= 0.6 is 0 Å². The van der Waals surface area contributed by atoms with Crippen LogP contribution in [0.5, 0.6) is 0 Å². The fourth-order valence-electron chi connectivity index (χ4n) is 3.78. The van der Waals surface area contributed by atoms with Crippen LogP contribution in [-0.4, -0.2) is 39.6 Å². The largest absolute Gasteiger partial charge is 0.375 e. The number of ether oxygens (including phenoxy) is 1. The highest BCUT2D eigenvalue weighted by atomic mass is 16.5. The molecule has 2 aliphatic rings. The average molecular weight is 278 g/mol. The second-order valence-electron chi connectivity index (χ2n) is 6.04. The van der Waals surface area contributed by atoms with Crippen molar-refractivity contribution < 1.29 is 4.74 Å². The minimum atomic E-state index is 0.464. The molecule has 3 rings (SSSR count). The van der Waals surface area contributed by atoms with E-state index in [0.717, 1.165) is 31.8 Å². The van der Waals surface area contributed by atoms with Gasteiger partial charge in [0.05, 0.1) is 12.2 Å². The van der Waals surface area contributed by atoms with Crippen LogP contribution in [0.25, 0.3) is 0 Å². The average Bonchev–Trinajstić information content (AvgIpc) is 3.15. The normalized spacial score (nSPS) is 30.0. The minimum absolute atomic E-state index is 0.464. The molecule has 20 heavy (non-hydrogen) atoms. The molecule has 0 spiro atoms. The van der Waals surface area contributed by atoms with Gasteiger partial charge in [0, 0.05) is 24.9 Å². The lowest BCUT2D eigenvalue weighted by Crippen LogP contribution is -2.42. The molecular formula is C15H26N4O. The summed E-state index contributed by atoms with van der Waals surface area (Å²) in [7, 11) is 0. The maximum Gasteiger partial charge on any atom is 0.138 e. The summed E-state index contributed by atoms with van der Waals surface area (Å²) < 4.78 is 8.08. The van der Waals surface area contributed by atoms with Gasteiger partial charge in [-0.3, -0.25) is 4.68 Å². The molecule has 112 valence electrons. The molecule has 0 radical (unpaired) electrons. The lowest BCUT2D eigenvalue weighted by atomic mass is 9.82. The summed E-state index contributed by atoms with van der Waals surface area (Å²) >= 11 is 0. The highest BCUT2D eigenvalue weighted by Gasteiger charge is 2.44. The molecule has 3 heterocycles. The number of likely N-dealkylation sites (N-methyl/N-ethyl adjacent to an activating group) is 1. The van der Waals surface area contributed by atoms with Gasteiger partial charge in [0.1, 0.15) is 12.2 Å². The molecule has 1 aromatic rings. The van der Waals surface area contributed by atoms with Gasteiger partial charge in [-0.1, -0.05) is 13.8 Å². The first-order valence-corrected chi connectivity index (χ1v) is 8.07. The summed E-state index contributed by atoms with van der Waals surface area (Å²) in [4.78, 5) is 4.46. The number of hydrogen-bond acceptors (Lipinski definition) is 4. The first-order chi connectivity index (χ1) is 9.81. The first kappa shape index (κ1) is 14.0. The van der Waals surface area contributed by atoms with Gasteiger partial charge >= 0.3 is 0 Å². The lowest BCUT2D eigenvalue weighted by molar-refractivity contribution is 0.0856. The molecule has 2 bridgehead atoms. The fraction of sp³-hybridized carbons (Fsp3) is 0.867. The zero-order valence-corrected chi connectivity index (χ0v) is 12.6. The topological polar surface area (TPSA) is 52.0 Å². The maximum absolute atomic E-state index is 6.03. The van der Waals surface area contributed by atoms with Gasteiger partial charge in [0.25, 0.3) is 0 Å². The van der Waals surface area contributed by atoms with Crippen molar-refractivity contribution in [2.45, 2.75) is 70.7 Å². The zero-order valence-electron chi connectivity index (χ0n) is 12.6. The third kappa shape index (κ3) is 2.74. The summed E-state index contributed by atoms with van der Waals surface area (Å²) in [5, 5.41) is 8.00. The SMILES string of the molecule is CCCn1ncnc1CC(NCC)C1CC2CCC1O2. The third-order valence-corrected chi connectivity index (χ3v) is 4.67. The summed E-state index contributed by atoms with van der Waals surface area (Å²) in [6.07, 6.45) is 8.43. The van der Waals surface area contributed by atoms with Crippen molar-refractivity contribution in [3.63, 3.8) is 0 Å². The molecular weight excluding hydrogens is 252 g/mol. The van der Waals surface area contributed by atoms with E-state index in [1.165, 1.54) is 19.3 Å². The van der Waals surface area contributed by atoms with E-state index in [2.05, 4.69) is 33.9 Å². The van der Waals surface area contributed by atoms with Gasteiger partial charge in [-0.25, -0.2) is 4.98 Å². The predicted octanol–water partition coefficient (Wildman–Crippen LogP) is 1.78. The van der Waals surface area contributed by atoms with E-state index >= 15 is 0 Å². The van der Waals surface area contributed by atoms with Crippen LogP contribution in [0.3, 0.4) is 0 Å². The van der Waals surface area contributed by atoms with Crippen LogP contribution in [0.4, 0.5) is 0 Å². The fourth-order valence-corrected chi connectivity index (χ4v) is 3.78. The Hall–Kier alpha value is -0.940. The Bertz CT molecular complexity index is 433. The van der Waals surface area contributed by atoms with E-state index in [1.807, 2.05) is 0 Å². The number of hydrogen-bond donors (Lipinski definition) is 1. The molecule has 0 saturated carbocycles.